The molecule has 1 heterocycles. The van der Waals surface area contributed by atoms with Crippen LogP contribution in [0.25, 0.3) is 5.57 Å². The largest absolute Gasteiger partial charge is 0.370 e. The molecule has 1 aromatic carbocycles. The number of amides is 2. The van der Waals surface area contributed by atoms with Crippen molar-refractivity contribution in [2.75, 3.05) is 19.6 Å². The minimum atomic E-state index is -0.695. The average Bonchev–Trinajstić information content (AvgIpc) is 2.47. The number of halogens is 2. The maximum absolute atomic E-state index is 13.9. The van der Waals surface area contributed by atoms with Gasteiger partial charge in [0.1, 0.15) is 11.6 Å². The molecular weight excluding hydrogens is 292 g/mol. The fourth-order valence-electron chi connectivity index (χ4n) is 2.37. The van der Waals surface area contributed by atoms with E-state index in [1.165, 1.54) is 6.07 Å². The van der Waals surface area contributed by atoms with E-state index in [9.17, 15) is 18.4 Å². The summed E-state index contributed by atoms with van der Waals surface area (Å²) in [5.41, 5.74) is 5.47. The molecule has 0 spiro atoms. The molecule has 0 unspecified atom stereocenters. The molecule has 0 atom stereocenters. The molecule has 0 fully saturated rings. The van der Waals surface area contributed by atoms with Crippen molar-refractivity contribution in [3.05, 3.63) is 41.0 Å². The molecule has 0 radical (unpaired) electrons. The van der Waals surface area contributed by atoms with Crippen molar-refractivity contribution in [3.8, 4) is 0 Å². The Hall–Kier alpha value is -2.28. The first kappa shape index (κ1) is 16.1. The standard InChI is InChI=1S/C15H17F2N3O2/c16-11-2-1-3-12(17)14(11)9-4-6-19-8-10(9)15(22)20-7-5-13(18)21/h1-3,19H,4-8H2,(H2,18,21)(H,20,22). The van der Waals surface area contributed by atoms with E-state index in [0.29, 0.717) is 18.5 Å². The van der Waals surface area contributed by atoms with Crippen molar-refractivity contribution < 1.29 is 18.4 Å². The lowest BCUT2D eigenvalue weighted by Crippen LogP contribution is -2.36. The smallest absolute Gasteiger partial charge is 0.248 e. The molecule has 1 aliphatic heterocycles. The third-order valence-electron chi connectivity index (χ3n) is 3.41. The number of carbonyl (C=O) groups excluding carboxylic acids is 2. The highest BCUT2D eigenvalue weighted by Gasteiger charge is 2.24. The van der Waals surface area contributed by atoms with Gasteiger partial charge in [-0.2, -0.15) is 0 Å². The minimum Gasteiger partial charge on any atom is -0.370 e. The van der Waals surface area contributed by atoms with E-state index in [4.69, 9.17) is 5.73 Å². The topological polar surface area (TPSA) is 84.2 Å². The Morgan fingerprint density at radius 2 is 1.95 bits per heavy atom. The Kier molecular flexibility index (Phi) is 5.21. The summed E-state index contributed by atoms with van der Waals surface area (Å²) in [6.07, 6.45) is 0.353. The molecule has 0 aromatic heterocycles. The molecular formula is C15H17F2N3O2. The van der Waals surface area contributed by atoms with Crippen LogP contribution in [-0.4, -0.2) is 31.4 Å². The van der Waals surface area contributed by atoms with Crippen LogP contribution in [0.15, 0.2) is 23.8 Å². The van der Waals surface area contributed by atoms with Crippen LogP contribution in [0, 0.1) is 11.6 Å². The monoisotopic (exact) mass is 309 g/mol. The van der Waals surface area contributed by atoms with Gasteiger partial charge in [0.05, 0.1) is 0 Å². The first-order valence-corrected chi connectivity index (χ1v) is 6.94. The molecule has 1 aromatic rings. The summed E-state index contributed by atoms with van der Waals surface area (Å²) in [7, 11) is 0. The molecule has 7 heteroatoms. The Morgan fingerprint density at radius 3 is 2.59 bits per heavy atom. The summed E-state index contributed by atoms with van der Waals surface area (Å²) in [4.78, 5) is 22.9. The molecule has 0 saturated carbocycles. The fraction of sp³-hybridized carbons (Fsp3) is 0.333. The predicted molar refractivity (Wildman–Crippen MR) is 77.6 cm³/mol. The van der Waals surface area contributed by atoms with Gasteiger partial charge in [-0.1, -0.05) is 6.07 Å². The summed E-state index contributed by atoms with van der Waals surface area (Å²) in [6, 6.07) is 3.61. The molecule has 118 valence electrons. The summed E-state index contributed by atoms with van der Waals surface area (Å²) in [5, 5.41) is 5.54. The number of hydrogen-bond donors (Lipinski definition) is 3. The number of nitrogens with two attached hydrogens (primary N) is 1. The summed E-state index contributed by atoms with van der Waals surface area (Å²) in [6.45, 7) is 0.831. The molecule has 4 N–H and O–H groups in total. The summed E-state index contributed by atoms with van der Waals surface area (Å²) >= 11 is 0. The zero-order valence-corrected chi connectivity index (χ0v) is 11.9. The van der Waals surface area contributed by atoms with E-state index in [0.717, 1.165) is 12.1 Å². The molecule has 0 bridgehead atoms. The molecule has 1 aliphatic rings. The van der Waals surface area contributed by atoms with Gasteiger partial charge < -0.3 is 16.4 Å². The number of benzene rings is 1. The van der Waals surface area contributed by atoms with Crippen molar-refractivity contribution in [1.82, 2.24) is 10.6 Å². The maximum Gasteiger partial charge on any atom is 0.248 e. The van der Waals surface area contributed by atoms with Gasteiger partial charge in [0.15, 0.2) is 0 Å². The van der Waals surface area contributed by atoms with Gasteiger partial charge in [0.2, 0.25) is 11.8 Å². The maximum atomic E-state index is 13.9. The highest BCUT2D eigenvalue weighted by Crippen LogP contribution is 2.29. The number of hydrogen-bond acceptors (Lipinski definition) is 3. The van der Waals surface area contributed by atoms with Crippen LogP contribution < -0.4 is 16.4 Å². The minimum absolute atomic E-state index is 0.00976. The second-order valence-corrected chi connectivity index (χ2v) is 4.95. The van der Waals surface area contributed by atoms with Crippen molar-refractivity contribution in [2.24, 2.45) is 5.73 Å². The van der Waals surface area contributed by atoms with E-state index in [1.54, 1.807) is 0 Å². The molecule has 2 amide bonds. The SMILES string of the molecule is NC(=O)CCNC(=O)C1=C(c2c(F)cccc2F)CCNC1. The van der Waals surface area contributed by atoms with Gasteiger partial charge in [0, 0.05) is 30.6 Å². The highest BCUT2D eigenvalue weighted by atomic mass is 19.1. The molecule has 22 heavy (non-hydrogen) atoms. The Morgan fingerprint density at radius 1 is 1.27 bits per heavy atom. The number of nitrogens with one attached hydrogen (secondary N) is 2. The summed E-state index contributed by atoms with van der Waals surface area (Å²) in [5.74, 6) is -2.37. The second-order valence-electron chi connectivity index (χ2n) is 4.95. The van der Waals surface area contributed by atoms with E-state index in [-0.39, 0.29) is 30.6 Å². The lowest BCUT2D eigenvalue weighted by atomic mass is 9.93. The molecule has 0 aliphatic carbocycles. The van der Waals surface area contributed by atoms with Crippen LogP contribution in [0.2, 0.25) is 0 Å². The average molecular weight is 309 g/mol. The van der Waals surface area contributed by atoms with E-state index in [2.05, 4.69) is 10.6 Å². The Bertz CT molecular complexity index is 609. The van der Waals surface area contributed by atoms with Crippen molar-refractivity contribution in [2.45, 2.75) is 12.8 Å². The van der Waals surface area contributed by atoms with Crippen LogP contribution in [0.4, 0.5) is 8.78 Å². The van der Waals surface area contributed by atoms with Gasteiger partial charge in [-0.25, -0.2) is 8.78 Å². The van der Waals surface area contributed by atoms with Gasteiger partial charge in [-0.3, -0.25) is 9.59 Å². The summed E-state index contributed by atoms with van der Waals surface area (Å²) < 4.78 is 27.9. The highest BCUT2D eigenvalue weighted by molar-refractivity contribution is 6.02. The van der Waals surface area contributed by atoms with Gasteiger partial charge in [-0.15, -0.1) is 0 Å². The molecule has 0 saturated heterocycles. The first-order valence-electron chi connectivity index (χ1n) is 6.94. The van der Waals surface area contributed by atoms with E-state index in [1.807, 2.05) is 0 Å². The number of carbonyl (C=O) groups is 2. The third-order valence-corrected chi connectivity index (χ3v) is 3.41. The van der Waals surface area contributed by atoms with Crippen LogP contribution in [-0.2, 0) is 9.59 Å². The van der Waals surface area contributed by atoms with Crippen LogP contribution >= 0.6 is 0 Å². The Labute approximate surface area is 126 Å². The van der Waals surface area contributed by atoms with E-state index >= 15 is 0 Å². The van der Waals surface area contributed by atoms with Crippen LogP contribution in [0.1, 0.15) is 18.4 Å². The van der Waals surface area contributed by atoms with Gasteiger partial charge in [-0.05, 0) is 30.7 Å². The lowest BCUT2D eigenvalue weighted by Gasteiger charge is -2.22. The predicted octanol–water partition coefficient (Wildman–Crippen LogP) is 0.703. The lowest BCUT2D eigenvalue weighted by molar-refractivity contribution is -0.118. The van der Waals surface area contributed by atoms with Crippen molar-refractivity contribution in [3.63, 3.8) is 0 Å². The quantitative estimate of drug-likeness (QED) is 0.749. The zero-order valence-electron chi connectivity index (χ0n) is 11.9. The van der Waals surface area contributed by atoms with Gasteiger partial charge >= 0.3 is 0 Å². The van der Waals surface area contributed by atoms with Crippen LogP contribution in [0.5, 0.6) is 0 Å². The zero-order chi connectivity index (χ0) is 16.1. The fourth-order valence-corrected chi connectivity index (χ4v) is 2.37. The molecule has 2 rings (SSSR count). The van der Waals surface area contributed by atoms with Crippen molar-refractivity contribution in [1.29, 1.82) is 0 Å². The number of primary amides is 1. The number of rotatable bonds is 5. The van der Waals surface area contributed by atoms with Crippen LogP contribution in [0.3, 0.4) is 0 Å². The second kappa shape index (κ2) is 7.13. The normalized spacial score (nSPS) is 14.8. The Balaban J connectivity index is 2.30. The van der Waals surface area contributed by atoms with E-state index < -0.39 is 23.4 Å². The van der Waals surface area contributed by atoms with Gasteiger partial charge in [0.25, 0.3) is 0 Å². The van der Waals surface area contributed by atoms with Crippen molar-refractivity contribution >= 4 is 17.4 Å². The first-order chi connectivity index (χ1) is 10.5. The third kappa shape index (κ3) is 3.67. The molecule has 5 nitrogen and oxygen atoms in total.